The van der Waals surface area contributed by atoms with Crippen LogP contribution in [0.1, 0.15) is 85.0 Å². The number of hydrogen-bond acceptors (Lipinski definition) is 4. The predicted octanol–water partition coefficient (Wildman–Crippen LogP) is 4.54. The van der Waals surface area contributed by atoms with Gasteiger partial charge in [-0.2, -0.15) is 0 Å². The van der Waals surface area contributed by atoms with E-state index in [4.69, 9.17) is 13.3 Å². The Morgan fingerprint density at radius 2 is 1.04 bits per heavy atom. The highest BCUT2D eigenvalue weighted by atomic mass is 28.4. The van der Waals surface area contributed by atoms with E-state index in [0.717, 1.165) is 6.17 Å². The molecule has 0 atom stereocenters. The highest BCUT2D eigenvalue weighted by molar-refractivity contribution is 6.60. The van der Waals surface area contributed by atoms with Gasteiger partial charge in [0.05, 0.1) is 6.17 Å². The molecule has 0 saturated heterocycles. The minimum Gasteiger partial charge on any atom is -0.373 e. The standard InChI is InChI=1S/C19H39NO3Si/c1-4-21-24(22-5-2,23-6-3)17-20(18-13-9-7-10-14-18)19-15-11-8-12-16-19/h18-19H,4-17H2,1-3H3. The van der Waals surface area contributed by atoms with E-state index in [2.05, 4.69) is 25.7 Å². The van der Waals surface area contributed by atoms with Crippen LogP contribution < -0.4 is 0 Å². The summed E-state index contributed by atoms with van der Waals surface area (Å²) in [7, 11) is -2.60. The van der Waals surface area contributed by atoms with Crippen molar-refractivity contribution >= 4 is 8.80 Å². The summed E-state index contributed by atoms with van der Waals surface area (Å²) in [5.41, 5.74) is 0. The topological polar surface area (TPSA) is 30.9 Å². The van der Waals surface area contributed by atoms with Crippen LogP contribution in [0.3, 0.4) is 0 Å². The maximum atomic E-state index is 6.18. The molecule has 5 heteroatoms. The van der Waals surface area contributed by atoms with E-state index < -0.39 is 8.80 Å². The summed E-state index contributed by atoms with van der Waals surface area (Å²) in [4.78, 5) is 2.77. The van der Waals surface area contributed by atoms with Crippen molar-refractivity contribution in [3.8, 4) is 0 Å². The Hall–Kier alpha value is 0.0569. The molecule has 4 nitrogen and oxygen atoms in total. The zero-order valence-corrected chi connectivity index (χ0v) is 17.2. The van der Waals surface area contributed by atoms with Gasteiger partial charge in [-0.25, -0.2) is 0 Å². The summed E-state index contributed by atoms with van der Waals surface area (Å²) >= 11 is 0. The molecule has 0 aromatic heterocycles. The van der Waals surface area contributed by atoms with E-state index in [9.17, 15) is 0 Å². The Balaban J connectivity index is 2.15. The highest BCUT2D eigenvalue weighted by Gasteiger charge is 2.45. The summed E-state index contributed by atoms with van der Waals surface area (Å²) in [6, 6.07) is 1.41. The molecule has 142 valence electrons. The largest absolute Gasteiger partial charge is 0.515 e. The van der Waals surface area contributed by atoms with E-state index in [1.807, 2.05) is 0 Å². The molecular weight excluding hydrogens is 318 g/mol. The van der Waals surface area contributed by atoms with Crippen LogP contribution >= 0.6 is 0 Å². The van der Waals surface area contributed by atoms with Crippen LogP contribution in [0.5, 0.6) is 0 Å². The van der Waals surface area contributed by atoms with Crippen LogP contribution in [-0.4, -0.2) is 51.8 Å². The first kappa shape index (κ1) is 20.4. The number of rotatable bonds is 10. The maximum absolute atomic E-state index is 6.18. The van der Waals surface area contributed by atoms with Gasteiger partial charge in [-0.3, -0.25) is 4.90 Å². The zero-order chi connectivity index (χ0) is 17.3. The fourth-order valence-electron chi connectivity index (χ4n) is 4.53. The second kappa shape index (κ2) is 10.9. The SMILES string of the molecule is CCO[Si](CN(C1CCCCC1)C1CCCCC1)(OCC)OCC. The van der Waals surface area contributed by atoms with Crippen LogP contribution in [0, 0.1) is 0 Å². The van der Waals surface area contributed by atoms with E-state index >= 15 is 0 Å². The third-order valence-corrected chi connectivity index (χ3v) is 8.49. The zero-order valence-electron chi connectivity index (χ0n) is 16.2. The first-order chi connectivity index (χ1) is 11.7. The minimum absolute atomic E-state index is 0.676. The molecule has 0 unspecified atom stereocenters. The Morgan fingerprint density at radius 1 is 0.667 bits per heavy atom. The molecule has 0 spiro atoms. The molecule has 0 radical (unpaired) electrons. The lowest BCUT2D eigenvalue weighted by Gasteiger charge is -2.44. The van der Waals surface area contributed by atoms with Gasteiger partial charge in [0, 0.05) is 31.9 Å². The Morgan fingerprint density at radius 3 is 1.38 bits per heavy atom. The molecule has 24 heavy (non-hydrogen) atoms. The van der Waals surface area contributed by atoms with Crippen LogP contribution in [0.25, 0.3) is 0 Å². The van der Waals surface area contributed by atoms with Crippen LogP contribution in [-0.2, 0) is 13.3 Å². The molecule has 0 aliphatic heterocycles. The lowest BCUT2D eigenvalue weighted by molar-refractivity contribution is 0.0271. The molecule has 2 rings (SSSR count). The second-order valence-electron chi connectivity index (χ2n) is 7.24. The van der Waals surface area contributed by atoms with Crippen molar-refractivity contribution in [2.45, 2.75) is 97.1 Å². The summed E-state index contributed by atoms with van der Waals surface area (Å²) < 4.78 is 18.5. The van der Waals surface area contributed by atoms with Gasteiger partial charge in [-0.1, -0.05) is 38.5 Å². The first-order valence-electron chi connectivity index (χ1n) is 10.4. The summed E-state index contributed by atoms with van der Waals surface area (Å²) in [6.07, 6.45) is 14.5. The molecule has 0 aromatic carbocycles. The van der Waals surface area contributed by atoms with Crippen LogP contribution in [0.15, 0.2) is 0 Å². The van der Waals surface area contributed by atoms with Crippen molar-refractivity contribution in [1.29, 1.82) is 0 Å². The normalized spacial score (nSPS) is 21.5. The van der Waals surface area contributed by atoms with Gasteiger partial charge >= 0.3 is 8.80 Å². The molecule has 0 bridgehead atoms. The molecule has 0 N–H and O–H groups in total. The number of hydrogen-bond donors (Lipinski definition) is 0. The van der Waals surface area contributed by atoms with Gasteiger partial charge in [0.15, 0.2) is 0 Å². The molecule has 0 amide bonds. The van der Waals surface area contributed by atoms with Crippen LogP contribution in [0.2, 0.25) is 0 Å². The molecule has 2 fully saturated rings. The predicted molar refractivity (Wildman–Crippen MR) is 101 cm³/mol. The van der Waals surface area contributed by atoms with Gasteiger partial charge in [0.2, 0.25) is 0 Å². The lowest BCUT2D eigenvalue weighted by atomic mass is 9.89. The lowest BCUT2D eigenvalue weighted by Crippen LogP contribution is -2.60. The van der Waals surface area contributed by atoms with Crippen molar-refractivity contribution in [3.05, 3.63) is 0 Å². The van der Waals surface area contributed by atoms with Crippen LogP contribution in [0.4, 0.5) is 0 Å². The third-order valence-electron chi connectivity index (χ3n) is 5.56. The maximum Gasteiger partial charge on any atom is 0.515 e. The molecule has 2 aliphatic rings. The summed E-state index contributed by atoms with van der Waals surface area (Å²) in [6.45, 7) is 8.21. The fraction of sp³-hybridized carbons (Fsp3) is 1.00. The van der Waals surface area contributed by atoms with Crippen molar-refractivity contribution in [2.24, 2.45) is 0 Å². The molecule has 2 saturated carbocycles. The Labute approximate surface area is 150 Å². The number of nitrogens with zero attached hydrogens (tertiary/aromatic N) is 1. The highest BCUT2D eigenvalue weighted by Crippen LogP contribution is 2.31. The summed E-state index contributed by atoms with van der Waals surface area (Å²) in [5, 5.41) is 0. The smallest absolute Gasteiger partial charge is 0.373 e. The van der Waals surface area contributed by atoms with Gasteiger partial charge < -0.3 is 13.3 Å². The molecule has 2 aliphatic carbocycles. The Kier molecular flexibility index (Phi) is 9.26. The average Bonchev–Trinajstić information content (AvgIpc) is 2.62. The van der Waals surface area contributed by atoms with E-state index in [1.165, 1.54) is 64.2 Å². The molecular formula is C19H39NO3Si. The van der Waals surface area contributed by atoms with E-state index in [-0.39, 0.29) is 0 Å². The second-order valence-corrected chi connectivity index (χ2v) is 9.79. The molecule has 0 heterocycles. The van der Waals surface area contributed by atoms with Gasteiger partial charge in [0.1, 0.15) is 0 Å². The van der Waals surface area contributed by atoms with Gasteiger partial charge in [0.25, 0.3) is 0 Å². The monoisotopic (exact) mass is 357 g/mol. The summed E-state index contributed by atoms with van der Waals surface area (Å²) in [5.74, 6) is 0. The first-order valence-corrected chi connectivity index (χ1v) is 12.4. The minimum atomic E-state index is -2.60. The fourth-order valence-corrected chi connectivity index (χ4v) is 7.33. The van der Waals surface area contributed by atoms with Gasteiger partial charge in [-0.05, 0) is 46.5 Å². The van der Waals surface area contributed by atoms with Crippen molar-refractivity contribution in [2.75, 3.05) is 26.0 Å². The van der Waals surface area contributed by atoms with Gasteiger partial charge in [-0.15, -0.1) is 0 Å². The van der Waals surface area contributed by atoms with Crippen molar-refractivity contribution in [1.82, 2.24) is 4.90 Å². The van der Waals surface area contributed by atoms with Crippen molar-refractivity contribution in [3.63, 3.8) is 0 Å². The quantitative estimate of drug-likeness (QED) is 0.537. The van der Waals surface area contributed by atoms with E-state index in [1.54, 1.807) is 0 Å². The van der Waals surface area contributed by atoms with E-state index in [0.29, 0.717) is 31.9 Å². The third kappa shape index (κ3) is 5.80. The molecule has 0 aromatic rings. The average molecular weight is 358 g/mol. The van der Waals surface area contributed by atoms with Crippen molar-refractivity contribution < 1.29 is 13.3 Å². The Bertz CT molecular complexity index is 296.